The zero-order chi connectivity index (χ0) is 23.2. The summed E-state index contributed by atoms with van der Waals surface area (Å²) in [6, 6.07) is 7.90. The van der Waals surface area contributed by atoms with E-state index < -0.39 is 0 Å². The molecule has 3 aliphatic heterocycles. The van der Waals surface area contributed by atoms with Crippen molar-refractivity contribution in [1.82, 2.24) is 14.6 Å². The Labute approximate surface area is 201 Å². The maximum absolute atomic E-state index is 13.1. The number of hydrogen-bond acceptors (Lipinski definition) is 7. The average molecular weight is 481 g/mol. The third-order valence-electron chi connectivity index (χ3n) is 6.95. The predicted molar refractivity (Wildman–Crippen MR) is 130 cm³/mol. The molecular formula is C24H25ClN6O3. The maximum Gasteiger partial charge on any atom is 0.261 e. The fourth-order valence-corrected chi connectivity index (χ4v) is 5.25. The highest BCUT2D eigenvalue weighted by Gasteiger charge is 2.39. The number of nitrogens with one attached hydrogen (secondary N) is 1. The van der Waals surface area contributed by atoms with Crippen LogP contribution in [0.15, 0.2) is 48.5 Å². The number of aliphatic hydroxyl groups is 1. The van der Waals surface area contributed by atoms with Crippen LogP contribution in [0.1, 0.15) is 29.6 Å². The summed E-state index contributed by atoms with van der Waals surface area (Å²) in [6.07, 6.45) is 7.50. The lowest BCUT2D eigenvalue weighted by Gasteiger charge is -2.30. The molecule has 2 bridgehead atoms. The third-order valence-corrected chi connectivity index (χ3v) is 7.26. The SMILES string of the molecule is O=C(Nc1ccc(N2CCC(=CO)CC2)cc1Cl)c1cnn2ccc(N3C[C@H]4C[C@@H]3CO4)nc12. The van der Waals surface area contributed by atoms with Crippen molar-refractivity contribution in [2.75, 3.05) is 41.4 Å². The minimum atomic E-state index is -0.309. The van der Waals surface area contributed by atoms with Crippen LogP contribution < -0.4 is 15.1 Å². The first kappa shape index (κ1) is 21.2. The number of aromatic nitrogens is 3. The Kier molecular flexibility index (Phi) is 5.30. The molecule has 6 rings (SSSR count). The summed E-state index contributed by atoms with van der Waals surface area (Å²) in [5.41, 5.74) is 3.48. The normalized spacial score (nSPS) is 22.0. The number of hydrogen-bond donors (Lipinski definition) is 2. The Bertz CT molecular complexity index is 1280. The Balaban J connectivity index is 1.20. The van der Waals surface area contributed by atoms with E-state index in [2.05, 4.69) is 20.2 Å². The van der Waals surface area contributed by atoms with E-state index in [-0.39, 0.29) is 12.0 Å². The van der Waals surface area contributed by atoms with Crippen molar-refractivity contribution in [2.24, 2.45) is 0 Å². The van der Waals surface area contributed by atoms with Crippen LogP contribution >= 0.6 is 11.6 Å². The molecule has 176 valence electrons. The number of fused-ring (bicyclic) bond motifs is 3. The number of amides is 1. The van der Waals surface area contributed by atoms with Gasteiger partial charge in [0.15, 0.2) is 5.65 Å². The first-order valence-corrected chi connectivity index (χ1v) is 11.9. The number of carbonyl (C=O) groups excluding carboxylic acids is 1. The number of nitrogens with zero attached hydrogens (tertiary/aromatic N) is 5. The zero-order valence-corrected chi connectivity index (χ0v) is 19.3. The molecule has 9 nitrogen and oxygen atoms in total. The van der Waals surface area contributed by atoms with E-state index in [1.165, 1.54) is 12.5 Å². The van der Waals surface area contributed by atoms with Crippen LogP contribution in [0.25, 0.3) is 5.65 Å². The minimum Gasteiger partial charge on any atom is -0.516 e. The van der Waals surface area contributed by atoms with Gasteiger partial charge in [-0.2, -0.15) is 5.10 Å². The first-order chi connectivity index (χ1) is 16.6. The summed E-state index contributed by atoms with van der Waals surface area (Å²) in [6.45, 7) is 3.17. The Morgan fingerprint density at radius 1 is 1.26 bits per heavy atom. The van der Waals surface area contributed by atoms with Crippen molar-refractivity contribution in [3.63, 3.8) is 0 Å². The van der Waals surface area contributed by atoms with E-state index in [1.54, 1.807) is 4.52 Å². The summed E-state index contributed by atoms with van der Waals surface area (Å²) >= 11 is 6.53. The summed E-state index contributed by atoms with van der Waals surface area (Å²) in [5.74, 6) is 0.525. The van der Waals surface area contributed by atoms with Gasteiger partial charge in [0.2, 0.25) is 0 Å². The lowest BCUT2D eigenvalue weighted by Crippen LogP contribution is -2.37. The van der Waals surface area contributed by atoms with Crippen LogP contribution in [0.2, 0.25) is 5.02 Å². The summed E-state index contributed by atoms with van der Waals surface area (Å²) < 4.78 is 7.30. The lowest BCUT2D eigenvalue weighted by atomic mass is 10.0. The largest absolute Gasteiger partial charge is 0.516 e. The van der Waals surface area contributed by atoms with Gasteiger partial charge in [-0.15, -0.1) is 0 Å². The highest BCUT2D eigenvalue weighted by Crippen LogP contribution is 2.33. The van der Waals surface area contributed by atoms with Crippen LogP contribution in [-0.4, -0.2) is 64.0 Å². The van der Waals surface area contributed by atoms with Gasteiger partial charge in [-0.25, -0.2) is 9.50 Å². The molecule has 0 saturated carbocycles. The molecule has 0 aliphatic carbocycles. The standard InChI is InChI=1S/C24H25ClN6O3/c25-20-10-16(29-6-3-15(13-32)4-7-29)1-2-21(20)27-24(33)19-11-26-31-8-5-22(28-23(19)31)30-12-18-9-17(30)14-34-18/h1-2,5,8,10-11,13,17-18,32H,3-4,6-7,9,12,14H2,(H,27,33)/t17-,18-/m1/s1. The molecule has 2 aromatic heterocycles. The molecule has 3 aromatic rings. The van der Waals surface area contributed by atoms with E-state index >= 15 is 0 Å². The van der Waals surface area contributed by atoms with E-state index in [0.29, 0.717) is 28.0 Å². The van der Waals surface area contributed by atoms with Crippen molar-refractivity contribution in [3.05, 3.63) is 59.1 Å². The van der Waals surface area contributed by atoms with E-state index in [1.807, 2.05) is 30.5 Å². The molecule has 1 aromatic carbocycles. The summed E-state index contributed by atoms with van der Waals surface area (Å²) in [4.78, 5) is 22.3. The van der Waals surface area contributed by atoms with Gasteiger partial charge in [0, 0.05) is 31.5 Å². The second kappa shape index (κ2) is 8.48. The highest BCUT2D eigenvalue weighted by molar-refractivity contribution is 6.34. The van der Waals surface area contributed by atoms with Crippen molar-refractivity contribution in [3.8, 4) is 0 Å². The van der Waals surface area contributed by atoms with Gasteiger partial charge in [-0.3, -0.25) is 4.79 Å². The number of rotatable bonds is 4. The first-order valence-electron chi connectivity index (χ1n) is 11.5. The molecule has 1 amide bonds. The second-order valence-electron chi connectivity index (χ2n) is 9.00. The topological polar surface area (TPSA) is 95.2 Å². The Hall–Kier alpha value is -3.30. The fourth-order valence-electron chi connectivity index (χ4n) is 5.03. The molecule has 5 heterocycles. The van der Waals surface area contributed by atoms with Crippen molar-refractivity contribution < 1.29 is 14.6 Å². The number of aliphatic hydroxyl groups excluding tert-OH is 1. The number of anilines is 3. The van der Waals surface area contributed by atoms with Crippen LogP contribution in [-0.2, 0) is 4.74 Å². The lowest BCUT2D eigenvalue weighted by molar-refractivity contribution is 0.0988. The van der Waals surface area contributed by atoms with Gasteiger partial charge in [0.1, 0.15) is 11.4 Å². The van der Waals surface area contributed by atoms with Gasteiger partial charge < -0.3 is 25.0 Å². The van der Waals surface area contributed by atoms with Crippen molar-refractivity contribution in [2.45, 2.75) is 31.4 Å². The second-order valence-corrected chi connectivity index (χ2v) is 9.41. The van der Waals surface area contributed by atoms with E-state index in [0.717, 1.165) is 62.6 Å². The quantitative estimate of drug-likeness (QED) is 0.550. The number of benzene rings is 1. The van der Waals surface area contributed by atoms with E-state index in [9.17, 15) is 9.90 Å². The van der Waals surface area contributed by atoms with Crippen LogP contribution in [0.3, 0.4) is 0 Å². The highest BCUT2D eigenvalue weighted by atomic mass is 35.5. The third kappa shape index (κ3) is 3.74. The van der Waals surface area contributed by atoms with Crippen LogP contribution in [0, 0.1) is 0 Å². The Morgan fingerprint density at radius 3 is 2.82 bits per heavy atom. The number of carbonyl (C=O) groups is 1. The number of ether oxygens (including phenoxy) is 1. The zero-order valence-electron chi connectivity index (χ0n) is 18.5. The van der Waals surface area contributed by atoms with Gasteiger partial charge >= 0.3 is 0 Å². The summed E-state index contributed by atoms with van der Waals surface area (Å²) in [7, 11) is 0. The van der Waals surface area contributed by atoms with Gasteiger partial charge in [-0.05, 0) is 49.1 Å². The Morgan fingerprint density at radius 2 is 2.12 bits per heavy atom. The molecule has 3 aliphatic rings. The summed E-state index contributed by atoms with van der Waals surface area (Å²) in [5, 5.41) is 16.9. The monoisotopic (exact) mass is 480 g/mol. The van der Waals surface area contributed by atoms with Crippen molar-refractivity contribution in [1.29, 1.82) is 0 Å². The average Bonchev–Trinajstić information content (AvgIpc) is 3.61. The number of piperidine rings is 1. The molecule has 2 N–H and O–H groups in total. The number of halogens is 1. The van der Waals surface area contributed by atoms with Gasteiger partial charge in [0.25, 0.3) is 5.91 Å². The smallest absolute Gasteiger partial charge is 0.261 e. The molecule has 2 atom stereocenters. The maximum atomic E-state index is 13.1. The van der Waals surface area contributed by atoms with Crippen molar-refractivity contribution >= 4 is 40.3 Å². The van der Waals surface area contributed by atoms with Gasteiger partial charge in [-0.1, -0.05) is 11.6 Å². The molecular weight excluding hydrogens is 456 g/mol. The molecule has 34 heavy (non-hydrogen) atoms. The minimum absolute atomic E-state index is 0.263. The molecule has 10 heteroatoms. The molecule has 3 saturated heterocycles. The van der Waals surface area contributed by atoms with E-state index in [4.69, 9.17) is 21.3 Å². The van der Waals surface area contributed by atoms with Crippen LogP contribution in [0.5, 0.6) is 0 Å². The van der Waals surface area contributed by atoms with Gasteiger partial charge in [0.05, 0.1) is 41.9 Å². The molecule has 0 radical (unpaired) electrons. The van der Waals surface area contributed by atoms with Crippen LogP contribution in [0.4, 0.5) is 17.2 Å². The molecule has 0 unspecified atom stereocenters. The predicted octanol–water partition coefficient (Wildman–Crippen LogP) is 3.65. The fraction of sp³-hybridized carbons (Fsp3) is 0.375. The molecule has 0 spiro atoms. The molecule has 3 fully saturated rings. The number of morpholine rings is 1.